The topological polar surface area (TPSA) is 90.7 Å². The van der Waals surface area contributed by atoms with E-state index in [9.17, 15) is 4.79 Å². The van der Waals surface area contributed by atoms with Crippen molar-refractivity contribution in [2.75, 3.05) is 5.32 Å². The molecule has 128 valence electrons. The lowest BCUT2D eigenvalue weighted by atomic mass is 10.1. The lowest BCUT2D eigenvalue weighted by Crippen LogP contribution is -2.23. The molecule has 1 amide bonds. The minimum atomic E-state index is -0.224. The zero-order chi connectivity index (χ0) is 18.4. The zero-order valence-electron chi connectivity index (χ0n) is 14.2. The van der Waals surface area contributed by atoms with Crippen molar-refractivity contribution < 1.29 is 4.79 Å². The van der Waals surface area contributed by atoms with E-state index in [1.165, 1.54) is 12.4 Å². The van der Waals surface area contributed by atoms with Crippen LogP contribution in [0.15, 0.2) is 60.9 Å². The number of carbonyl (C=O) groups is 1. The lowest BCUT2D eigenvalue weighted by Gasteiger charge is -2.08. The van der Waals surface area contributed by atoms with Crippen molar-refractivity contribution in [1.29, 1.82) is 5.26 Å². The van der Waals surface area contributed by atoms with Crippen molar-refractivity contribution in [3.05, 3.63) is 83.2 Å². The predicted octanol–water partition coefficient (Wildman–Crippen LogP) is 3.33. The molecule has 0 fully saturated rings. The van der Waals surface area contributed by atoms with E-state index in [0.29, 0.717) is 23.6 Å². The van der Waals surface area contributed by atoms with Crippen LogP contribution < -0.4 is 10.6 Å². The van der Waals surface area contributed by atoms with Gasteiger partial charge in [0.15, 0.2) is 0 Å². The third kappa shape index (κ3) is 4.22. The van der Waals surface area contributed by atoms with Crippen LogP contribution in [-0.2, 0) is 6.54 Å². The molecule has 0 aliphatic carbocycles. The summed E-state index contributed by atoms with van der Waals surface area (Å²) in [6.07, 6.45) is 2.96. The normalized spacial score (nSPS) is 10.0. The van der Waals surface area contributed by atoms with Gasteiger partial charge in [-0.15, -0.1) is 0 Å². The molecule has 1 heterocycles. The van der Waals surface area contributed by atoms with Crippen molar-refractivity contribution in [1.82, 2.24) is 15.3 Å². The largest absolute Gasteiger partial charge is 0.348 e. The number of amides is 1. The minimum Gasteiger partial charge on any atom is -0.348 e. The summed E-state index contributed by atoms with van der Waals surface area (Å²) in [7, 11) is 0. The fraction of sp³-hybridized carbons (Fsp3) is 0.100. The molecule has 0 atom stereocenters. The first-order chi connectivity index (χ1) is 12.7. The van der Waals surface area contributed by atoms with Gasteiger partial charge in [0.25, 0.3) is 5.91 Å². The maximum atomic E-state index is 12.2. The van der Waals surface area contributed by atoms with Crippen LogP contribution in [0.4, 0.5) is 11.6 Å². The van der Waals surface area contributed by atoms with E-state index in [-0.39, 0.29) is 5.91 Å². The Morgan fingerprint density at radius 1 is 1.08 bits per heavy atom. The number of hydrogen-bond donors (Lipinski definition) is 2. The van der Waals surface area contributed by atoms with Crippen LogP contribution in [0.2, 0.25) is 0 Å². The van der Waals surface area contributed by atoms with Gasteiger partial charge in [-0.3, -0.25) is 4.79 Å². The van der Waals surface area contributed by atoms with Gasteiger partial charge in [-0.25, -0.2) is 9.97 Å². The molecule has 3 rings (SSSR count). The fourth-order valence-corrected chi connectivity index (χ4v) is 2.35. The maximum absolute atomic E-state index is 12.2. The average molecular weight is 343 g/mol. The van der Waals surface area contributed by atoms with Crippen LogP contribution in [0, 0.1) is 18.3 Å². The average Bonchev–Trinajstić information content (AvgIpc) is 2.68. The second-order valence-corrected chi connectivity index (χ2v) is 5.72. The van der Waals surface area contributed by atoms with Gasteiger partial charge in [0.1, 0.15) is 0 Å². The van der Waals surface area contributed by atoms with E-state index >= 15 is 0 Å². The van der Waals surface area contributed by atoms with E-state index in [4.69, 9.17) is 5.26 Å². The highest BCUT2D eigenvalue weighted by Crippen LogP contribution is 2.13. The molecule has 6 nitrogen and oxygen atoms in total. The van der Waals surface area contributed by atoms with Crippen LogP contribution in [0.1, 0.15) is 27.0 Å². The molecular formula is C20H17N5O. The number of anilines is 2. The molecule has 1 aromatic heterocycles. The van der Waals surface area contributed by atoms with Gasteiger partial charge in [-0.2, -0.15) is 5.26 Å². The molecule has 3 aromatic rings. The first-order valence-corrected chi connectivity index (χ1v) is 8.07. The molecule has 0 saturated carbocycles. The molecule has 2 aromatic carbocycles. The number of nitriles is 1. The molecule has 0 unspecified atom stereocenters. The molecule has 0 aliphatic heterocycles. The standard InChI is InChI=1S/C20H17N5O/c1-14-4-2-3-5-16(14)11-22-19(26)17-12-23-20(24-13-17)25-18-8-6-15(10-21)7-9-18/h2-9,12-13H,11H2,1H3,(H,22,26)(H,23,24,25). The van der Waals surface area contributed by atoms with E-state index in [0.717, 1.165) is 16.8 Å². The van der Waals surface area contributed by atoms with Crippen molar-refractivity contribution in [2.45, 2.75) is 13.5 Å². The van der Waals surface area contributed by atoms with Gasteiger partial charge in [0.05, 0.1) is 17.2 Å². The summed E-state index contributed by atoms with van der Waals surface area (Å²) in [6, 6.07) is 16.9. The summed E-state index contributed by atoms with van der Waals surface area (Å²) < 4.78 is 0. The number of nitrogens with zero attached hydrogens (tertiary/aromatic N) is 3. The van der Waals surface area contributed by atoms with Crippen LogP contribution in [-0.4, -0.2) is 15.9 Å². The smallest absolute Gasteiger partial charge is 0.254 e. The Hall–Kier alpha value is -3.72. The number of carbonyl (C=O) groups excluding carboxylic acids is 1. The molecule has 2 N–H and O–H groups in total. The number of nitrogens with one attached hydrogen (secondary N) is 2. The highest BCUT2D eigenvalue weighted by molar-refractivity contribution is 5.93. The van der Waals surface area contributed by atoms with Crippen molar-refractivity contribution >= 4 is 17.5 Å². The van der Waals surface area contributed by atoms with Gasteiger partial charge in [0, 0.05) is 24.6 Å². The Labute approximate surface area is 151 Å². The monoisotopic (exact) mass is 343 g/mol. The van der Waals surface area contributed by atoms with Gasteiger partial charge in [-0.05, 0) is 42.3 Å². The minimum absolute atomic E-state index is 0.224. The van der Waals surface area contributed by atoms with Crippen LogP contribution in [0.3, 0.4) is 0 Å². The number of aromatic nitrogens is 2. The van der Waals surface area contributed by atoms with Gasteiger partial charge >= 0.3 is 0 Å². The predicted molar refractivity (Wildman–Crippen MR) is 98.8 cm³/mol. The summed E-state index contributed by atoms with van der Waals surface area (Å²) in [5.41, 5.74) is 3.94. The number of rotatable bonds is 5. The second kappa shape index (κ2) is 7.90. The highest BCUT2D eigenvalue weighted by atomic mass is 16.1. The van der Waals surface area contributed by atoms with Crippen molar-refractivity contribution in [2.24, 2.45) is 0 Å². The van der Waals surface area contributed by atoms with Gasteiger partial charge in [0.2, 0.25) is 5.95 Å². The van der Waals surface area contributed by atoms with Gasteiger partial charge < -0.3 is 10.6 Å². The molecule has 0 spiro atoms. The molecule has 0 radical (unpaired) electrons. The SMILES string of the molecule is Cc1ccccc1CNC(=O)c1cnc(Nc2ccc(C#N)cc2)nc1. The van der Waals surface area contributed by atoms with Crippen LogP contribution in [0.5, 0.6) is 0 Å². The summed E-state index contributed by atoms with van der Waals surface area (Å²) in [5, 5.41) is 14.7. The van der Waals surface area contributed by atoms with Crippen molar-refractivity contribution in [3.8, 4) is 6.07 Å². The number of aryl methyl sites for hydroxylation is 1. The number of benzene rings is 2. The Balaban J connectivity index is 1.60. The lowest BCUT2D eigenvalue weighted by molar-refractivity contribution is 0.0950. The fourth-order valence-electron chi connectivity index (χ4n) is 2.35. The molecule has 0 saturated heterocycles. The van der Waals surface area contributed by atoms with E-state index < -0.39 is 0 Å². The summed E-state index contributed by atoms with van der Waals surface area (Å²) in [4.78, 5) is 20.6. The van der Waals surface area contributed by atoms with Gasteiger partial charge in [-0.1, -0.05) is 24.3 Å². The molecule has 0 aliphatic rings. The number of hydrogen-bond acceptors (Lipinski definition) is 5. The molecule has 26 heavy (non-hydrogen) atoms. The Morgan fingerprint density at radius 2 is 1.77 bits per heavy atom. The summed E-state index contributed by atoms with van der Waals surface area (Å²) in [6.45, 7) is 2.46. The molecular weight excluding hydrogens is 326 g/mol. The Kier molecular flexibility index (Phi) is 5.20. The van der Waals surface area contributed by atoms with Crippen molar-refractivity contribution in [3.63, 3.8) is 0 Å². The van der Waals surface area contributed by atoms with E-state index in [2.05, 4.69) is 26.7 Å². The first kappa shape index (κ1) is 17.1. The third-order valence-corrected chi connectivity index (χ3v) is 3.88. The van der Waals surface area contributed by atoms with E-state index in [1.54, 1.807) is 24.3 Å². The van der Waals surface area contributed by atoms with E-state index in [1.807, 2.05) is 31.2 Å². The Bertz CT molecular complexity index is 943. The zero-order valence-corrected chi connectivity index (χ0v) is 14.2. The van der Waals surface area contributed by atoms with Crippen LogP contribution in [0.25, 0.3) is 0 Å². The quantitative estimate of drug-likeness (QED) is 0.741. The Morgan fingerprint density at radius 3 is 2.42 bits per heavy atom. The highest BCUT2D eigenvalue weighted by Gasteiger charge is 2.08. The van der Waals surface area contributed by atoms with Crippen LogP contribution >= 0.6 is 0 Å². The molecule has 0 bridgehead atoms. The summed E-state index contributed by atoms with van der Waals surface area (Å²) >= 11 is 0. The maximum Gasteiger partial charge on any atom is 0.254 e. The third-order valence-electron chi connectivity index (χ3n) is 3.88. The second-order valence-electron chi connectivity index (χ2n) is 5.72. The first-order valence-electron chi connectivity index (χ1n) is 8.07. The summed E-state index contributed by atoms with van der Waals surface area (Å²) in [5.74, 6) is 0.156. The molecule has 6 heteroatoms.